The Morgan fingerprint density at radius 3 is 2.73 bits per heavy atom. The molecule has 0 aliphatic carbocycles. The van der Waals surface area contributed by atoms with Crippen LogP contribution in [0.2, 0.25) is 0 Å². The van der Waals surface area contributed by atoms with Crippen LogP contribution in [0, 0.1) is 0 Å². The van der Waals surface area contributed by atoms with E-state index in [0.717, 1.165) is 17.9 Å². The van der Waals surface area contributed by atoms with Crippen molar-refractivity contribution in [2.24, 2.45) is 0 Å². The van der Waals surface area contributed by atoms with Gasteiger partial charge in [-0.15, -0.1) is 0 Å². The van der Waals surface area contributed by atoms with E-state index in [9.17, 15) is 9.59 Å². The number of anilines is 1. The molecule has 1 aliphatic rings. The number of carbonyl (C=O) groups excluding carboxylic acids is 1. The molecule has 174 valence electrons. The van der Waals surface area contributed by atoms with Gasteiger partial charge in [0, 0.05) is 31.4 Å². The minimum atomic E-state index is -0.455. The van der Waals surface area contributed by atoms with Crippen molar-refractivity contribution in [3.8, 4) is 0 Å². The van der Waals surface area contributed by atoms with Crippen molar-refractivity contribution in [1.29, 1.82) is 0 Å². The molecule has 1 fully saturated rings. The standard InChI is InChI=1S/C25H31N5O3/c1-16(2)29(14-18-7-10-23(26-13-18)30-11-5-6-17(30)3)15-22-27-21-12-19(25(32)33-4)8-9-20(21)24(31)28-22/h7-10,12-13,16-17H,5-6,11,14-15H2,1-4H3,(H,27,28,31). The van der Waals surface area contributed by atoms with E-state index in [0.29, 0.717) is 41.4 Å². The first-order valence-corrected chi connectivity index (χ1v) is 11.4. The molecule has 3 aromatic rings. The molecule has 1 aromatic carbocycles. The number of fused-ring (bicyclic) bond motifs is 1. The highest BCUT2D eigenvalue weighted by Gasteiger charge is 2.21. The SMILES string of the molecule is COC(=O)c1ccc2c(=O)[nH]c(CN(Cc3ccc(N4CCCC4C)nc3)C(C)C)nc2c1. The van der Waals surface area contributed by atoms with Gasteiger partial charge in [-0.1, -0.05) is 6.07 Å². The summed E-state index contributed by atoms with van der Waals surface area (Å²) < 4.78 is 4.78. The predicted octanol–water partition coefficient (Wildman–Crippen LogP) is 3.50. The Bertz CT molecular complexity index is 1190. The number of nitrogens with one attached hydrogen (secondary N) is 1. The van der Waals surface area contributed by atoms with Crippen molar-refractivity contribution >= 4 is 22.7 Å². The molecule has 33 heavy (non-hydrogen) atoms. The molecule has 3 heterocycles. The van der Waals surface area contributed by atoms with Gasteiger partial charge in [0.25, 0.3) is 5.56 Å². The summed E-state index contributed by atoms with van der Waals surface area (Å²) in [5, 5.41) is 0.443. The van der Waals surface area contributed by atoms with Gasteiger partial charge >= 0.3 is 5.97 Å². The maximum Gasteiger partial charge on any atom is 0.337 e. The molecule has 0 bridgehead atoms. The Hall–Kier alpha value is -3.26. The highest BCUT2D eigenvalue weighted by molar-refractivity contribution is 5.93. The molecule has 2 aromatic heterocycles. The third-order valence-corrected chi connectivity index (χ3v) is 6.30. The van der Waals surface area contributed by atoms with Crippen molar-refractivity contribution in [3.05, 3.63) is 63.8 Å². The van der Waals surface area contributed by atoms with Crippen LogP contribution in [-0.4, -0.2) is 51.6 Å². The molecule has 0 saturated carbocycles. The summed E-state index contributed by atoms with van der Waals surface area (Å²) >= 11 is 0. The number of aromatic nitrogens is 3. The Morgan fingerprint density at radius 1 is 1.27 bits per heavy atom. The number of pyridine rings is 1. The molecule has 1 saturated heterocycles. The monoisotopic (exact) mass is 449 g/mol. The highest BCUT2D eigenvalue weighted by Crippen LogP contribution is 2.24. The fraction of sp³-hybridized carbons (Fsp3) is 0.440. The van der Waals surface area contributed by atoms with E-state index < -0.39 is 5.97 Å². The molecule has 1 N–H and O–H groups in total. The normalized spacial score (nSPS) is 16.2. The van der Waals surface area contributed by atoms with Crippen LogP contribution in [0.4, 0.5) is 5.82 Å². The van der Waals surface area contributed by atoms with Crippen molar-refractivity contribution in [2.75, 3.05) is 18.6 Å². The minimum Gasteiger partial charge on any atom is -0.465 e. The summed E-state index contributed by atoms with van der Waals surface area (Å²) in [5.41, 5.74) is 1.73. The van der Waals surface area contributed by atoms with Crippen LogP contribution in [0.1, 0.15) is 55.4 Å². The van der Waals surface area contributed by atoms with Gasteiger partial charge in [0.2, 0.25) is 0 Å². The number of carbonyl (C=O) groups is 1. The lowest BCUT2D eigenvalue weighted by atomic mass is 10.1. The van der Waals surface area contributed by atoms with Crippen LogP contribution < -0.4 is 10.5 Å². The Labute approximate surface area is 193 Å². The molecule has 0 radical (unpaired) electrons. The molecule has 0 amide bonds. The molecule has 1 aliphatic heterocycles. The number of rotatable bonds is 7. The van der Waals surface area contributed by atoms with Gasteiger partial charge in [0.05, 0.1) is 30.1 Å². The van der Waals surface area contributed by atoms with Crippen LogP contribution in [0.3, 0.4) is 0 Å². The average Bonchev–Trinajstić information content (AvgIpc) is 3.24. The van der Waals surface area contributed by atoms with Gasteiger partial charge in [-0.05, 0) is 63.4 Å². The molecule has 8 heteroatoms. The van der Waals surface area contributed by atoms with Crippen molar-refractivity contribution in [1.82, 2.24) is 19.9 Å². The smallest absolute Gasteiger partial charge is 0.337 e. The summed E-state index contributed by atoms with van der Waals surface area (Å²) in [6.07, 6.45) is 4.36. The zero-order valence-electron chi connectivity index (χ0n) is 19.7. The van der Waals surface area contributed by atoms with Gasteiger partial charge in [-0.3, -0.25) is 9.69 Å². The van der Waals surface area contributed by atoms with Gasteiger partial charge in [0.1, 0.15) is 11.6 Å². The van der Waals surface area contributed by atoms with E-state index in [1.807, 2.05) is 6.20 Å². The van der Waals surface area contributed by atoms with E-state index in [2.05, 4.69) is 52.7 Å². The predicted molar refractivity (Wildman–Crippen MR) is 128 cm³/mol. The molecule has 8 nitrogen and oxygen atoms in total. The largest absolute Gasteiger partial charge is 0.465 e. The lowest BCUT2D eigenvalue weighted by molar-refractivity contribution is 0.0601. The van der Waals surface area contributed by atoms with Crippen LogP contribution in [0.15, 0.2) is 41.3 Å². The minimum absolute atomic E-state index is 0.221. The van der Waals surface area contributed by atoms with Crippen molar-refractivity contribution < 1.29 is 9.53 Å². The first kappa shape index (κ1) is 22.9. The quantitative estimate of drug-likeness (QED) is 0.552. The van der Waals surface area contributed by atoms with E-state index in [-0.39, 0.29) is 11.6 Å². The molecular weight excluding hydrogens is 418 g/mol. The molecule has 4 rings (SSSR count). The second kappa shape index (κ2) is 9.70. The zero-order chi connectivity index (χ0) is 23.5. The fourth-order valence-electron chi connectivity index (χ4n) is 4.31. The second-order valence-corrected chi connectivity index (χ2v) is 8.94. The molecule has 0 spiro atoms. The van der Waals surface area contributed by atoms with Crippen molar-refractivity contribution in [3.63, 3.8) is 0 Å². The lowest BCUT2D eigenvalue weighted by Crippen LogP contribution is -2.31. The van der Waals surface area contributed by atoms with Crippen LogP contribution in [0.25, 0.3) is 10.9 Å². The number of esters is 1. The van der Waals surface area contributed by atoms with Gasteiger partial charge < -0.3 is 14.6 Å². The third-order valence-electron chi connectivity index (χ3n) is 6.30. The first-order chi connectivity index (χ1) is 15.9. The molecule has 1 atom stereocenters. The van der Waals surface area contributed by atoms with Crippen molar-refractivity contribution in [2.45, 2.75) is 58.8 Å². The Balaban J connectivity index is 1.54. The molecule has 1 unspecified atom stereocenters. The number of methoxy groups -OCH3 is 1. The first-order valence-electron chi connectivity index (χ1n) is 11.4. The zero-order valence-corrected chi connectivity index (χ0v) is 19.7. The van der Waals surface area contributed by atoms with E-state index in [1.165, 1.54) is 20.0 Å². The average molecular weight is 450 g/mol. The van der Waals surface area contributed by atoms with Gasteiger partial charge in [0.15, 0.2) is 0 Å². The summed E-state index contributed by atoms with van der Waals surface area (Å²) in [4.78, 5) is 41.3. The number of hydrogen-bond acceptors (Lipinski definition) is 7. The third kappa shape index (κ3) is 5.06. The van der Waals surface area contributed by atoms with E-state index in [4.69, 9.17) is 9.72 Å². The molecular formula is C25H31N5O3. The summed E-state index contributed by atoms with van der Waals surface area (Å²) in [5.74, 6) is 1.13. The summed E-state index contributed by atoms with van der Waals surface area (Å²) in [6.45, 7) is 8.68. The van der Waals surface area contributed by atoms with Crippen LogP contribution in [-0.2, 0) is 17.8 Å². The van der Waals surface area contributed by atoms with E-state index in [1.54, 1.807) is 18.2 Å². The second-order valence-electron chi connectivity index (χ2n) is 8.94. The topological polar surface area (TPSA) is 91.4 Å². The Kier molecular flexibility index (Phi) is 6.74. The summed E-state index contributed by atoms with van der Waals surface area (Å²) in [6, 6.07) is 9.76. The number of hydrogen-bond donors (Lipinski definition) is 1. The highest BCUT2D eigenvalue weighted by atomic mass is 16.5. The number of benzene rings is 1. The number of ether oxygens (including phenoxy) is 1. The number of H-pyrrole nitrogens is 1. The van der Waals surface area contributed by atoms with Gasteiger partial charge in [-0.2, -0.15) is 0 Å². The van der Waals surface area contributed by atoms with Crippen LogP contribution >= 0.6 is 0 Å². The maximum absolute atomic E-state index is 12.6. The fourth-order valence-corrected chi connectivity index (χ4v) is 4.31. The summed E-state index contributed by atoms with van der Waals surface area (Å²) in [7, 11) is 1.33. The van der Waals surface area contributed by atoms with Crippen LogP contribution in [0.5, 0.6) is 0 Å². The Morgan fingerprint density at radius 2 is 2.09 bits per heavy atom. The van der Waals surface area contributed by atoms with E-state index >= 15 is 0 Å². The lowest BCUT2D eigenvalue weighted by Gasteiger charge is -2.26. The maximum atomic E-state index is 12.6. The van der Waals surface area contributed by atoms with Gasteiger partial charge in [-0.25, -0.2) is 14.8 Å². The number of aromatic amines is 1. The number of nitrogens with zero attached hydrogens (tertiary/aromatic N) is 4.